The number of aromatic nitrogens is 4. The molecule has 3 aromatic carbocycles. The van der Waals surface area contributed by atoms with Gasteiger partial charge < -0.3 is 19.5 Å². The molecule has 0 atom stereocenters. The number of methoxy groups -OCH3 is 1. The van der Waals surface area contributed by atoms with Crippen molar-refractivity contribution in [3.63, 3.8) is 0 Å². The molecular formula is C26H22ClN5O5. The van der Waals surface area contributed by atoms with Crippen molar-refractivity contribution >= 4 is 34.4 Å². The van der Waals surface area contributed by atoms with Crippen LogP contribution in [0.5, 0.6) is 17.2 Å². The molecule has 0 aliphatic carbocycles. The number of benzene rings is 3. The largest absolute Gasteiger partial charge is 0.497 e. The summed E-state index contributed by atoms with van der Waals surface area (Å²) in [6.07, 6.45) is 0.882. The number of rotatable bonds is 8. The smallest absolute Gasteiger partial charge is 0.412 e. The lowest BCUT2D eigenvalue weighted by atomic mass is 10.2. The van der Waals surface area contributed by atoms with Gasteiger partial charge in [-0.3, -0.25) is 13.8 Å². The number of hydrogen-bond donors (Lipinski definition) is 1. The van der Waals surface area contributed by atoms with Gasteiger partial charge in [0.15, 0.2) is 0 Å². The van der Waals surface area contributed by atoms with Crippen molar-refractivity contribution in [3.8, 4) is 17.2 Å². The van der Waals surface area contributed by atoms with E-state index in [1.165, 1.54) is 17.0 Å². The molecule has 0 bridgehead atoms. The minimum atomic E-state index is -0.641. The van der Waals surface area contributed by atoms with E-state index >= 15 is 0 Å². The lowest BCUT2D eigenvalue weighted by Crippen LogP contribution is -2.27. The first-order valence-corrected chi connectivity index (χ1v) is 11.7. The second-order valence-electron chi connectivity index (χ2n) is 8.03. The molecule has 37 heavy (non-hydrogen) atoms. The minimum absolute atomic E-state index is 0.222. The van der Waals surface area contributed by atoms with Crippen LogP contribution in [0.2, 0.25) is 5.02 Å². The van der Waals surface area contributed by atoms with Crippen molar-refractivity contribution < 1.29 is 19.0 Å². The average Bonchev–Trinajstić information content (AvgIpc) is 3.41. The first-order valence-electron chi connectivity index (χ1n) is 11.3. The van der Waals surface area contributed by atoms with E-state index in [4.69, 9.17) is 25.8 Å². The maximum atomic E-state index is 13.4. The Balaban J connectivity index is 1.33. The normalized spacial score (nSPS) is 11.0. The molecule has 0 saturated carbocycles. The summed E-state index contributed by atoms with van der Waals surface area (Å²) >= 11 is 5.91. The fourth-order valence-corrected chi connectivity index (χ4v) is 3.95. The maximum absolute atomic E-state index is 13.4. The summed E-state index contributed by atoms with van der Waals surface area (Å²) in [5.74, 6) is 1.97. The molecule has 0 unspecified atom stereocenters. The van der Waals surface area contributed by atoms with Crippen LogP contribution in [0.3, 0.4) is 0 Å². The zero-order valence-corrected chi connectivity index (χ0v) is 20.5. The zero-order valence-electron chi connectivity index (χ0n) is 19.8. The van der Waals surface area contributed by atoms with Crippen LogP contribution in [0.4, 0.5) is 4.79 Å². The van der Waals surface area contributed by atoms with E-state index < -0.39 is 6.09 Å². The number of ether oxygens (including phenoxy) is 3. The number of carbonyl (C=O) groups excluding carboxylic acids is 1. The van der Waals surface area contributed by atoms with E-state index in [0.29, 0.717) is 27.5 Å². The van der Waals surface area contributed by atoms with Crippen molar-refractivity contribution in [2.24, 2.45) is 0 Å². The van der Waals surface area contributed by atoms with Crippen LogP contribution in [0.15, 0.2) is 77.9 Å². The number of carbonyl (C=O) groups is 1. The van der Waals surface area contributed by atoms with Gasteiger partial charge in [0.25, 0.3) is 5.56 Å². The summed E-state index contributed by atoms with van der Waals surface area (Å²) in [4.78, 5) is 25.7. The van der Waals surface area contributed by atoms with Crippen molar-refractivity contribution in [2.75, 3.05) is 13.7 Å². The van der Waals surface area contributed by atoms with Gasteiger partial charge in [-0.15, -0.1) is 10.2 Å². The third-order valence-electron chi connectivity index (χ3n) is 5.68. The predicted octanol–water partition coefficient (Wildman–Crippen LogP) is 4.07. The fourth-order valence-electron chi connectivity index (χ4n) is 3.83. The highest BCUT2D eigenvalue weighted by molar-refractivity contribution is 6.30. The molecule has 0 aliphatic rings. The molecule has 0 radical (unpaired) electrons. The summed E-state index contributed by atoms with van der Waals surface area (Å²) in [6.45, 7) is 0.727. The fraction of sp³-hybridized carbons (Fsp3) is 0.154. The molecule has 1 amide bonds. The third-order valence-corrected chi connectivity index (χ3v) is 5.93. The molecular weight excluding hydrogens is 498 g/mol. The summed E-state index contributed by atoms with van der Waals surface area (Å²) in [7, 11) is 1.59. The van der Waals surface area contributed by atoms with E-state index in [0.717, 1.165) is 11.3 Å². The molecule has 5 aromatic rings. The highest BCUT2D eigenvalue weighted by Crippen LogP contribution is 2.20. The second kappa shape index (κ2) is 10.6. The Hall–Kier alpha value is -4.57. The molecule has 5 rings (SSSR count). The van der Waals surface area contributed by atoms with E-state index in [1.54, 1.807) is 47.9 Å². The van der Waals surface area contributed by atoms with Crippen molar-refractivity contribution in [1.82, 2.24) is 24.5 Å². The molecule has 2 heterocycles. The Morgan fingerprint density at radius 3 is 2.49 bits per heavy atom. The topological polar surface area (TPSA) is 109 Å². The van der Waals surface area contributed by atoms with Gasteiger partial charge in [-0.25, -0.2) is 4.79 Å². The number of hydrogen-bond acceptors (Lipinski definition) is 7. The summed E-state index contributed by atoms with van der Waals surface area (Å²) < 4.78 is 19.5. The molecule has 10 nitrogen and oxygen atoms in total. The van der Waals surface area contributed by atoms with Gasteiger partial charge in [0.1, 0.15) is 30.2 Å². The standard InChI is InChI=1S/C26H22ClN5O5/c1-35-19-6-2-17(3-7-19)15-28-26(34)37-21-10-11-23-22(14-21)24(33)31(25-30-29-16-32(23)25)12-13-36-20-8-4-18(27)5-9-20/h2-11,14,16H,12-13,15H2,1H3,(H,28,34). The monoisotopic (exact) mass is 519 g/mol. The van der Waals surface area contributed by atoms with Gasteiger partial charge in [-0.1, -0.05) is 23.7 Å². The Labute approximate surface area is 216 Å². The van der Waals surface area contributed by atoms with Crippen LogP contribution in [0.25, 0.3) is 16.7 Å². The van der Waals surface area contributed by atoms with Gasteiger partial charge in [-0.05, 0) is 60.2 Å². The Morgan fingerprint density at radius 2 is 1.73 bits per heavy atom. The van der Waals surface area contributed by atoms with E-state index in [-0.39, 0.29) is 31.0 Å². The molecule has 2 aromatic heterocycles. The Kier molecular flexibility index (Phi) is 6.91. The van der Waals surface area contributed by atoms with Crippen molar-refractivity contribution in [3.05, 3.63) is 94.0 Å². The third kappa shape index (κ3) is 5.34. The van der Waals surface area contributed by atoms with Gasteiger partial charge in [0.05, 0.1) is 24.6 Å². The van der Waals surface area contributed by atoms with Crippen LogP contribution in [-0.2, 0) is 13.1 Å². The average molecular weight is 520 g/mol. The van der Waals surface area contributed by atoms with Crippen LogP contribution >= 0.6 is 11.6 Å². The van der Waals surface area contributed by atoms with E-state index in [1.807, 2.05) is 24.3 Å². The van der Waals surface area contributed by atoms with Gasteiger partial charge in [0.2, 0.25) is 5.78 Å². The van der Waals surface area contributed by atoms with E-state index in [9.17, 15) is 9.59 Å². The van der Waals surface area contributed by atoms with Gasteiger partial charge in [-0.2, -0.15) is 0 Å². The van der Waals surface area contributed by atoms with Gasteiger partial charge >= 0.3 is 6.09 Å². The molecule has 188 valence electrons. The maximum Gasteiger partial charge on any atom is 0.412 e. The molecule has 0 saturated heterocycles. The molecule has 1 N–H and O–H groups in total. The number of nitrogens with zero attached hydrogens (tertiary/aromatic N) is 4. The van der Waals surface area contributed by atoms with Crippen LogP contribution in [0.1, 0.15) is 5.56 Å². The van der Waals surface area contributed by atoms with Crippen LogP contribution in [-0.4, -0.2) is 39.0 Å². The quantitative estimate of drug-likeness (QED) is 0.329. The molecule has 0 fully saturated rings. The first-order chi connectivity index (χ1) is 18.0. The summed E-state index contributed by atoms with van der Waals surface area (Å²) in [5, 5.41) is 11.7. The second-order valence-corrected chi connectivity index (χ2v) is 8.47. The summed E-state index contributed by atoms with van der Waals surface area (Å²) in [6, 6.07) is 19.1. The zero-order chi connectivity index (χ0) is 25.8. The van der Waals surface area contributed by atoms with E-state index in [2.05, 4.69) is 15.5 Å². The highest BCUT2D eigenvalue weighted by atomic mass is 35.5. The number of nitrogens with one attached hydrogen (secondary N) is 1. The SMILES string of the molecule is COc1ccc(CNC(=O)Oc2ccc3c(c2)c(=O)n(CCOc2ccc(Cl)cc2)c2nncn32)cc1. The number of fused-ring (bicyclic) bond motifs is 3. The Morgan fingerprint density at radius 1 is 1.00 bits per heavy atom. The van der Waals surface area contributed by atoms with Gasteiger partial charge in [0, 0.05) is 11.6 Å². The van der Waals surface area contributed by atoms with Crippen molar-refractivity contribution in [2.45, 2.75) is 13.1 Å². The Bertz CT molecular complexity index is 1610. The number of halogens is 1. The molecule has 0 spiro atoms. The predicted molar refractivity (Wildman–Crippen MR) is 138 cm³/mol. The molecule has 0 aliphatic heterocycles. The van der Waals surface area contributed by atoms with Crippen LogP contribution < -0.4 is 25.1 Å². The lowest BCUT2D eigenvalue weighted by Gasteiger charge is -2.12. The van der Waals surface area contributed by atoms with Crippen molar-refractivity contribution in [1.29, 1.82) is 0 Å². The molecule has 11 heteroatoms. The first kappa shape index (κ1) is 24.1. The minimum Gasteiger partial charge on any atom is -0.497 e. The lowest BCUT2D eigenvalue weighted by molar-refractivity contribution is 0.200. The highest BCUT2D eigenvalue weighted by Gasteiger charge is 2.15. The van der Waals surface area contributed by atoms with Crippen LogP contribution in [0, 0.1) is 0 Å². The summed E-state index contributed by atoms with van der Waals surface area (Å²) in [5.41, 5.74) is 1.17. The number of amides is 1.